The molecule has 0 atom stereocenters. The van der Waals surface area contributed by atoms with Gasteiger partial charge in [-0.25, -0.2) is 9.59 Å². The van der Waals surface area contributed by atoms with Crippen LogP contribution in [0.1, 0.15) is 15.9 Å². The Hall–Kier alpha value is -2.17. The molecule has 0 saturated carbocycles. The van der Waals surface area contributed by atoms with Crippen molar-refractivity contribution in [3.63, 3.8) is 0 Å². The van der Waals surface area contributed by atoms with E-state index in [4.69, 9.17) is 14.2 Å². The van der Waals surface area contributed by atoms with E-state index in [1.807, 2.05) is 30.3 Å². The van der Waals surface area contributed by atoms with Crippen molar-refractivity contribution >= 4 is 40.3 Å². The molecule has 8 heteroatoms. The monoisotopic (exact) mass is 511 g/mol. The summed E-state index contributed by atoms with van der Waals surface area (Å²) >= 11 is 2.07. The number of halogens is 1. The highest BCUT2D eigenvalue weighted by Crippen LogP contribution is 2.20. The highest BCUT2D eigenvalue weighted by Gasteiger charge is 2.16. The fraction of sp³-hybridized carbons (Fsp3) is 0.333. The maximum atomic E-state index is 12.3. The van der Waals surface area contributed by atoms with Crippen LogP contribution in [0.3, 0.4) is 0 Å². The molecule has 1 aliphatic heterocycles. The number of amides is 1. The zero-order valence-electron chi connectivity index (χ0n) is 16.0. The predicted octanol–water partition coefficient (Wildman–Crippen LogP) is 2.11. The molecule has 3 rings (SSSR count). The number of rotatable bonds is 7. The van der Waals surface area contributed by atoms with Gasteiger partial charge in [0.05, 0.1) is 24.5 Å². The maximum Gasteiger partial charge on any atom is 0.411 e. The Morgan fingerprint density at radius 2 is 1.83 bits per heavy atom. The Labute approximate surface area is 183 Å². The number of anilines is 1. The van der Waals surface area contributed by atoms with E-state index in [9.17, 15) is 9.59 Å². The molecule has 1 amide bonds. The van der Waals surface area contributed by atoms with Gasteiger partial charge in [-0.3, -0.25) is 5.32 Å². The molecule has 2 N–H and O–H groups in total. The summed E-state index contributed by atoms with van der Waals surface area (Å²) in [6.45, 7) is 4.73. The van der Waals surface area contributed by atoms with Gasteiger partial charge in [0.2, 0.25) is 0 Å². The molecule has 2 aromatic rings. The molecule has 0 aromatic heterocycles. The molecule has 1 aliphatic rings. The van der Waals surface area contributed by atoms with Crippen LogP contribution in [0.15, 0.2) is 48.5 Å². The van der Waals surface area contributed by atoms with E-state index in [1.54, 1.807) is 18.2 Å². The van der Waals surface area contributed by atoms with Crippen molar-refractivity contribution < 1.29 is 28.7 Å². The Morgan fingerprint density at radius 1 is 1.07 bits per heavy atom. The topological polar surface area (TPSA) is 78.3 Å². The highest BCUT2D eigenvalue weighted by atomic mass is 127. The summed E-state index contributed by atoms with van der Waals surface area (Å²) in [4.78, 5) is 25.7. The molecule has 0 aliphatic carbocycles. The van der Waals surface area contributed by atoms with Crippen molar-refractivity contribution in [2.45, 2.75) is 6.61 Å². The average Bonchev–Trinajstić information content (AvgIpc) is 2.75. The molecular weight excluding hydrogens is 487 g/mol. The number of hydrogen-bond acceptors (Lipinski definition) is 5. The number of ether oxygens (including phenoxy) is 3. The molecule has 1 saturated heterocycles. The second-order valence-corrected chi connectivity index (χ2v) is 7.79. The number of nitrogens with one attached hydrogen (secondary N) is 2. The van der Waals surface area contributed by atoms with Crippen LogP contribution in [0.25, 0.3) is 0 Å². The third-order valence-electron chi connectivity index (χ3n) is 4.54. The molecule has 7 nitrogen and oxygen atoms in total. The lowest BCUT2D eigenvalue weighted by molar-refractivity contribution is -0.908. The highest BCUT2D eigenvalue weighted by molar-refractivity contribution is 14.1. The van der Waals surface area contributed by atoms with E-state index in [0.29, 0.717) is 17.9 Å². The third-order valence-corrected chi connectivity index (χ3v) is 5.44. The Kier molecular flexibility index (Phi) is 8.26. The maximum absolute atomic E-state index is 12.3. The lowest BCUT2D eigenvalue weighted by atomic mass is 10.2. The minimum atomic E-state index is -0.546. The minimum absolute atomic E-state index is 0.193. The van der Waals surface area contributed by atoms with Gasteiger partial charge in [-0.1, -0.05) is 30.3 Å². The van der Waals surface area contributed by atoms with Gasteiger partial charge < -0.3 is 19.1 Å². The van der Waals surface area contributed by atoms with Crippen molar-refractivity contribution in [1.29, 1.82) is 0 Å². The molecule has 29 heavy (non-hydrogen) atoms. The minimum Gasteiger partial charge on any atom is -0.456 e. The fourth-order valence-electron chi connectivity index (χ4n) is 2.89. The number of morpholine rings is 1. The Bertz CT molecular complexity index is 825. The van der Waals surface area contributed by atoms with Gasteiger partial charge in [-0.2, -0.15) is 0 Å². The first kappa shape index (κ1) is 21.5. The molecule has 1 fully saturated rings. The SMILES string of the molecule is O=C(Nc1ccc(C(=O)OCC[NH+]2CCOCC2)cc1I)OCc1ccccc1. The molecule has 0 radical (unpaired) electrons. The van der Waals surface area contributed by atoms with Crippen LogP contribution in [0.2, 0.25) is 0 Å². The Morgan fingerprint density at radius 3 is 2.55 bits per heavy atom. The van der Waals surface area contributed by atoms with Crippen LogP contribution in [0, 0.1) is 3.57 Å². The number of esters is 1. The zero-order chi connectivity index (χ0) is 20.5. The van der Waals surface area contributed by atoms with Crippen molar-refractivity contribution in [3.05, 3.63) is 63.2 Å². The normalized spacial score (nSPS) is 14.2. The van der Waals surface area contributed by atoms with Gasteiger partial charge >= 0.3 is 12.1 Å². The van der Waals surface area contributed by atoms with Crippen molar-refractivity contribution in [2.24, 2.45) is 0 Å². The summed E-state index contributed by atoms with van der Waals surface area (Å²) in [5.41, 5.74) is 1.95. The van der Waals surface area contributed by atoms with Gasteiger partial charge in [0.1, 0.15) is 32.8 Å². The smallest absolute Gasteiger partial charge is 0.411 e. The number of quaternary nitrogens is 1. The summed E-state index contributed by atoms with van der Waals surface area (Å²) in [6, 6.07) is 14.5. The summed E-state index contributed by atoms with van der Waals surface area (Å²) in [7, 11) is 0. The molecular formula is C21H24IN2O5+. The predicted molar refractivity (Wildman–Crippen MR) is 116 cm³/mol. The lowest BCUT2D eigenvalue weighted by Gasteiger charge is -2.23. The van der Waals surface area contributed by atoms with E-state index in [-0.39, 0.29) is 12.6 Å². The van der Waals surface area contributed by atoms with Crippen LogP contribution in [-0.4, -0.2) is 51.5 Å². The second-order valence-electron chi connectivity index (χ2n) is 6.63. The van der Waals surface area contributed by atoms with Crippen LogP contribution in [0.4, 0.5) is 10.5 Å². The summed E-state index contributed by atoms with van der Waals surface area (Å²) in [5, 5.41) is 2.70. The van der Waals surface area contributed by atoms with E-state index < -0.39 is 6.09 Å². The van der Waals surface area contributed by atoms with E-state index in [0.717, 1.165) is 42.0 Å². The van der Waals surface area contributed by atoms with Crippen molar-refractivity contribution in [1.82, 2.24) is 0 Å². The molecule has 0 bridgehead atoms. The first-order valence-corrected chi connectivity index (χ1v) is 10.6. The first-order chi connectivity index (χ1) is 14.1. The number of benzene rings is 2. The zero-order valence-corrected chi connectivity index (χ0v) is 18.1. The van der Waals surface area contributed by atoms with Crippen LogP contribution < -0.4 is 10.2 Å². The lowest BCUT2D eigenvalue weighted by Crippen LogP contribution is -3.14. The van der Waals surface area contributed by atoms with Crippen LogP contribution >= 0.6 is 22.6 Å². The molecule has 0 unspecified atom stereocenters. The Balaban J connectivity index is 1.45. The van der Waals surface area contributed by atoms with Crippen LogP contribution in [-0.2, 0) is 20.8 Å². The van der Waals surface area contributed by atoms with Gasteiger partial charge in [-0.05, 0) is 46.4 Å². The molecule has 1 heterocycles. The van der Waals surface area contributed by atoms with Gasteiger partial charge in [0.15, 0.2) is 0 Å². The van der Waals surface area contributed by atoms with E-state index >= 15 is 0 Å². The number of hydrogen-bond donors (Lipinski definition) is 2. The summed E-state index contributed by atoms with van der Waals surface area (Å²) in [6.07, 6.45) is -0.546. The summed E-state index contributed by atoms with van der Waals surface area (Å²) < 4.78 is 16.6. The number of carbonyl (C=O) groups is 2. The van der Waals surface area contributed by atoms with Crippen molar-refractivity contribution in [2.75, 3.05) is 44.8 Å². The molecule has 154 valence electrons. The average molecular weight is 511 g/mol. The largest absolute Gasteiger partial charge is 0.456 e. The summed E-state index contributed by atoms with van der Waals surface area (Å²) in [5.74, 6) is -0.367. The van der Waals surface area contributed by atoms with Gasteiger partial charge in [0.25, 0.3) is 0 Å². The van der Waals surface area contributed by atoms with E-state index in [1.165, 1.54) is 4.90 Å². The quantitative estimate of drug-likeness (QED) is 0.440. The second kappa shape index (κ2) is 11.1. The van der Waals surface area contributed by atoms with Gasteiger partial charge in [0, 0.05) is 3.57 Å². The molecule has 0 spiro atoms. The van der Waals surface area contributed by atoms with E-state index in [2.05, 4.69) is 27.9 Å². The van der Waals surface area contributed by atoms with Crippen LogP contribution in [0.5, 0.6) is 0 Å². The molecule has 2 aromatic carbocycles. The van der Waals surface area contributed by atoms with Crippen molar-refractivity contribution in [3.8, 4) is 0 Å². The van der Waals surface area contributed by atoms with Gasteiger partial charge in [-0.15, -0.1) is 0 Å². The third kappa shape index (κ3) is 6.98. The standard InChI is InChI=1S/C21H23IN2O5/c22-18-14-17(20(25)28-13-10-24-8-11-27-12-9-24)6-7-19(18)23-21(26)29-15-16-4-2-1-3-5-16/h1-7,14H,8-13,15H2,(H,23,26)/p+1. The first-order valence-electron chi connectivity index (χ1n) is 9.47. The fourth-order valence-corrected chi connectivity index (χ4v) is 3.54. The number of carbonyl (C=O) groups excluding carboxylic acids is 2.